The molecule has 1 heterocycles. The molecular weight excluding hydrogens is 506 g/mol. The Hall–Kier alpha value is -1.48. The van der Waals surface area contributed by atoms with Gasteiger partial charge in [-0.1, -0.05) is 24.3 Å². The summed E-state index contributed by atoms with van der Waals surface area (Å²) in [6.45, 7) is 4.24. The van der Waals surface area contributed by atoms with Crippen molar-refractivity contribution < 1.29 is 15.2 Å². The number of nitrogens with one attached hydrogen (secondary N) is 1. The molecule has 0 radical (unpaired) electrons. The molecule has 0 saturated heterocycles. The number of fused-ring (bicyclic) bond motifs is 2. The van der Waals surface area contributed by atoms with Crippen LogP contribution in [0.1, 0.15) is 10.4 Å². The predicted octanol–water partition coefficient (Wildman–Crippen LogP) is 6.24. The number of rotatable bonds is 4. The molecule has 2 N–H and O–H groups in total. The van der Waals surface area contributed by atoms with E-state index in [0.717, 1.165) is 31.8 Å². The second kappa shape index (κ2) is 7.74. The summed E-state index contributed by atoms with van der Waals surface area (Å²) in [5, 5.41) is 23.7. The summed E-state index contributed by atoms with van der Waals surface area (Å²) in [5.41, 5.74) is 3.59. The van der Waals surface area contributed by atoms with Crippen molar-refractivity contribution in [2.45, 2.75) is 13.8 Å². The van der Waals surface area contributed by atoms with Crippen LogP contribution in [0.5, 0.6) is 5.75 Å². The van der Waals surface area contributed by atoms with Gasteiger partial charge >= 0.3 is 0 Å². The molecule has 28 heavy (non-hydrogen) atoms. The normalized spacial score (nSPS) is 12.6. The van der Waals surface area contributed by atoms with Crippen molar-refractivity contribution in [1.29, 1.82) is 0 Å². The second-order valence-corrected chi connectivity index (χ2v) is 9.00. The highest BCUT2D eigenvalue weighted by Gasteiger charge is 2.20. The van der Waals surface area contributed by atoms with Gasteiger partial charge in [-0.05, 0) is 79.2 Å². The molecule has 4 rings (SSSR count). The Labute approximate surface area is 183 Å². The molecular formula is C21H17Br2NO3S. The Morgan fingerprint density at radius 2 is 1.86 bits per heavy atom. The predicted molar refractivity (Wildman–Crippen MR) is 122 cm³/mol. The van der Waals surface area contributed by atoms with Gasteiger partial charge in [-0.2, -0.15) is 5.23 Å². The molecule has 0 aliphatic carbocycles. The first-order chi connectivity index (χ1) is 13.4. The summed E-state index contributed by atoms with van der Waals surface area (Å²) in [6.07, 6.45) is 0. The van der Waals surface area contributed by atoms with Crippen molar-refractivity contribution in [3.05, 3.63) is 62.6 Å². The van der Waals surface area contributed by atoms with Crippen LogP contribution in [0.2, 0.25) is 0 Å². The van der Waals surface area contributed by atoms with Gasteiger partial charge in [0, 0.05) is 26.9 Å². The number of benzene rings is 3. The number of hydrogen-bond donors (Lipinski definition) is 2. The number of halogens is 2. The van der Waals surface area contributed by atoms with Gasteiger partial charge in [0.25, 0.3) is 0 Å². The Balaban J connectivity index is 2.17. The maximum absolute atomic E-state index is 11.7. The highest BCUT2D eigenvalue weighted by atomic mass is 79.9. The standard InChI is InChI=1S/C21H17Br2NO3S/c1-11-12(2)28-21-18(11)19(16-5-3-4-6-17(16)20(21)23)13-7-14(24(25)26)9-15(8-13)27-10-22/h3-9,24-25H,10H2,1-2H3. The Morgan fingerprint density at radius 3 is 2.54 bits per heavy atom. The maximum Gasteiger partial charge on any atom is 0.168 e. The summed E-state index contributed by atoms with van der Waals surface area (Å²) in [7, 11) is 0. The molecule has 0 fully saturated rings. The molecule has 3 aromatic carbocycles. The smallest absolute Gasteiger partial charge is 0.168 e. The Kier molecular flexibility index (Phi) is 5.48. The van der Waals surface area contributed by atoms with Gasteiger partial charge in [-0.15, -0.1) is 11.3 Å². The third-order valence-electron chi connectivity index (χ3n) is 4.93. The average Bonchev–Trinajstić information content (AvgIpc) is 2.97. The minimum atomic E-state index is -0.975. The van der Waals surface area contributed by atoms with E-state index in [9.17, 15) is 10.4 Å². The fourth-order valence-electron chi connectivity index (χ4n) is 3.55. The van der Waals surface area contributed by atoms with Crippen molar-refractivity contribution >= 4 is 69.7 Å². The van der Waals surface area contributed by atoms with E-state index in [1.54, 1.807) is 23.5 Å². The zero-order valence-corrected chi connectivity index (χ0v) is 19.2. The van der Waals surface area contributed by atoms with Crippen molar-refractivity contribution in [3.63, 3.8) is 0 Å². The monoisotopic (exact) mass is 521 g/mol. The van der Waals surface area contributed by atoms with E-state index in [2.05, 4.69) is 57.8 Å². The minimum Gasteiger partial charge on any atom is -0.595 e. The first-order valence-corrected chi connectivity index (χ1v) is 11.3. The molecule has 0 aliphatic rings. The summed E-state index contributed by atoms with van der Waals surface area (Å²) < 4.78 is 7.84. The zero-order valence-electron chi connectivity index (χ0n) is 15.2. The lowest BCUT2D eigenvalue weighted by atomic mass is 9.92. The van der Waals surface area contributed by atoms with E-state index < -0.39 is 5.23 Å². The molecule has 1 unspecified atom stereocenters. The van der Waals surface area contributed by atoms with Gasteiger partial charge in [0.1, 0.15) is 11.3 Å². The van der Waals surface area contributed by atoms with Gasteiger partial charge in [-0.25, -0.2) is 5.21 Å². The number of hydrogen-bond acceptors (Lipinski definition) is 4. The third-order valence-corrected chi connectivity index (χ3v) is 7.47. The first-order valence-electron chi connectivity index (χ1n) is 8.59. The van der Waals surface area contributed by atoms with Crippen LogP contribution in [0.3, 0.4) is 0 Å². The third kappa shape index (κ3) is 3.26. The van der Waals surface area contributed by atoms with Crippen molar-refractivity contribution in [2.24, 2.45) is 0 Å². The van der Waals surface area contributed by atoms with E-state index >= 15 is 0 Å². The molecule has 7 heteroatoms. The lowest BCUT2D eigenvalue weighted by molar-refractivity contribution is -0.991. The molecule has 4 aromatic rings. The lowest BCUT2D eigenvalue weighted by Crippen LogP contribution is -2.99. The van der Waals surface area contributed by atoms with E-state index in [1.165, 1.54) is 15.1 Å². The van der Waals surface area contributed by atoms with Gasteiger partial charge in [-0.3, -0.25) is 0 Å². The van der Waals surface area contributed by atoms with Crippen LogP contribution >= 0.6 is 43.2 Å². The summed E-state index contributed by atoms with van der Waals surface area (Å²) in [5.74, 6) is 0.525. The maximum atomic E-state index is 11.7. The zero-order chi connectivity index (χ0) is 20.0. The van der Waals surface area contributed by atoms with E-state index in [1.807, 2.05) is 18.2 Å². The molecule has 0 aliphatic heterocycles. The summed E-state index contributed by atoms with van der Waals surface area (Å²) in [4.78, 5) is 1.25. The molecule has 0 amide bonds. The number of quaternary nitrogens is 1. The summed E-state index contributed by atoms with van der Waals surface area (Å²) >= 11 is 8.81. The molecule has 0 bridgehead atoms. The number of ether oxygens (including phenoxy) is 1. The SMILES string of the molecule is Cc1sc2c(Br)c3ccccc3c(-c3cc(OCBr)cc([NH+]([O-])O)c3)c2c1C. The first kappa shape index (κ1) is 19.8. The van der Waals surface area contributed by atoms with Crippen molar-refractivity contribution in [3.8, 4) is 16.9 Å². The molecule has 0 saturated carbocycles. The highest BCUT2D eigenvalue weighted by molar-refractivity contribution is 9.11. The molecule has 1 aromatic heterocycles. The fourth-order valence-corrected chi connectivity index (χ4v) is 5.71. The van der Waals surface area contributed by atoms with Crippen LogP contribution in [0.15, 0.2) is 46.9 Å². The van der Waals surface area contributed by atoms with Crippen LogP contribution in [0.25, 0.3) is 32.0 Å². The number of aryl methyl sites for hydroxylation is 2. The Bertz CT molecular complexity index is 1200. The quantitative estimate of drug-likeness (QED) is 0.246. The minimum absolute atomic E-state index is 0.207. The molecule has 4 nitrogen and oxygen atoms in total. The summed E-state index contributed by atoms with van der Waals surface area (Å²) in [6, 6.07) is 13.4. The van der Waals surface area contributed by atoms with Gasteiger partial charge in [0.15, 0.2) is 5.69 Å². The Morgan fingerprint density at radius 1 is 1.14 bits per heavy atom. The van der Waals surface area contributed by atoms with Crippen LogP contribution in [0.4, 0.5) is 5.69 Å². The number of thiophene rings is 1. The molecule has 1 atom stereocenters. The lowest BCUT2D eigenvalue weighted by Gasteiger charge is -2.17. The topological polar surface area (TPSA) is 57.0 Å². The van der Waals surface area contributed by atoms with Gasteiger partial charge < -0.3 is 9.94 Å². The van der Waals surface area contributed by atoms with Gasteiger partial charge in [0.05, 0.1) is 4.70 Å². The van der Waals surface area contributed by atoms with Crippen LogP contribution in [-0.4, -0.2) is 10.7 Å². The highest BCUT2D eigenvalue weighted by Crippen LogP contribution is 2.47. The average molecular weight is 523 g/mol. The van der Waals surface area contributed by atoms with Crippen LogP contribution < -0.4 is 9.96 Å². The molecule has 0 spiro atoms. The van der Waals surface area contributed by atoms with Crippen LogP contribution in [0, 0.1) is 19.1 Å². The largest absolute Gasteiger partial charge is 0.595 e. The van der Waals surface area contributed by atoms with Crippen LogP contribution in [-0.2, 0) is 0 Å². The molecule has 144 valence electrons. The van der Waals surface area contributed by atoms with E-state index in [-0.39, 0.29) is 5.69 Å². The van der Waals surface area contributed by atoms with Crippen molar-refractivity contribution in [1.82, 2.24) is 0 Å². The van der Waals surface area contributed by atoms with E-state index in [4.69, 9.17) is 4.74 Å². The second-order valence-electron chi connectivity index (χ2n) is 6.53. The van der Waals surface area contributed by atoms with Gasteiger partial charge in [0.2, 0.25) is 0 Å². The fraction of sp³-hybridized carbons (Fsp3) is 0.143. The van der Waals surface area contributed by atoms with E-state index in [0.29, 0.717) is 11.3 Å². The number of alkyl halides is 1. The van der Waals surface area contributed by atoms with Crippen molar-refractivity contribution in [2.75, 3.05) is 5.52 Å².